The van der Waals surface area contributed by atoms with E-state index in [0.29, 0.717) is 29.0 Å². The molecule has 3 aromatic rings. The zero-order valence-corrected chi connectivity index (χ0v) is 19.0. The highest BCUT2D eigenvalue weighted by Gasteiger charge is 2.24. The lowest BCUT2D eigenvalue weighted by atomic mass is 9.87. The molecule has 1 atom stereocenters. The molecule has 0 unspecified atom stereocenters. The molecule has 6 nitrogen and oxygen atoms in total. The highest BCUT2D eigenvalue weighted by molar-refractivity contribution is 5.99. The molecule has 1 aromatic heterocycles. The van der Waals surface area contributed by atoms with E-state index in [1.807, 2.05) is 6.92 Å². The second-order valence-electron chi connectivity index (χ2n) is 8.16. The molecule has 1 heterocycles. The van der Waals surface area contributed by atoms with Gasteiger partial charge in [0.05, 0.1) is 12.7 Å². The Labute approximate surface area is 187 Å². The Morgan fingerprint density at radius 3 is 2.56 bits per heavy atom. The fourth-order valence-electron chi connectivity index (χ4n) is 3.94. The van der Waals surface area contributed by atoms with Crippen LogP contribution < -0.4 is 15.4 Å². The number of rotatable bonds is 8. The minimum absolute atomic E-state index is 0.00788. The van der Waals surface area contributed by atoms with Gasteiger partial charge in [0.25, 0.3) is 5.91 Å². The molecule has 0 saturated carbocycles. The Bertz CT molecular complexity index is 1140. The zero-order chi connectivity index (χ0) is 23.4. The first-order valence-electron chi connectivity index (χ1n) is 10.6. The van der Waals surface area contributed by atoms with Gasteiger partial charge in [-0.2, -0.15) is 0 Å². The van der Waals surface area contributed by atoms with Crippen LogP contribution in [0.3, 0.4) is 0 Å². The van der Waals surface area contributed by atoms with Gasteiger partial charge >= 0.3 is 0 Å². The molecule has 0 aliphatic rings. The first kappa shape index (κ1) is 23.3. The second-order valence-corrected chi connectivity index (χ2v) is 8.16. The predicted molar refractivity (Wildman–Crippen MR) is 123 cm³/mol. The number of methoxy groups -OCH3 is 1. The van der Waals surface area contributed by atoms with E-state index in [4.69, 9.17) is 9.15 Å². The van der Waals surface area contributed by atoms with Crippen molar-refractivity contribution in [2.75, 3.05) is 19.5 Å². The van der Waals surface area contributed by atoms with E-state index in [1.165, 1.54) is 26.3 Å². The van der Waals surface area contributed by atoms with Crippen LogP contribution in [0.1, 0.15) is 54.3 Å². The minimum Gasteiger partial charge on any atom is -0.496 e. The Morgan fingerprint density at radius 1 is 1.16 bits per heavy atom. The molecular weight excluding hydrogens is 411 g/mol. The first-order chi connectivity index (χ1) is 15.2. The second kappa shape index (κ2) is 9.85. The molecule has 0 radical (unpaired) electrons. The number of carbonyl (C=O) groups excluding carboxylic acids is 2. The standard InChI is InChI=1S/C25H29FN2O4/c1-14(2)18(24-15(3)19-12-16(26)6-9-22(19)32-24)8-11-23(29)28-17-7-10-21(31-5)20(13-17)25(30)27-4/h6-7,9-10,12-14,18H,8,11H2,1-5H3,(H,27,30)(H,28,29)/t18-/m0/s1. The number of anilines is 1. The summed E-state index contributed by atoms with van der Waals surface area (Å²) in [6.07, 6.45) is 0.847. The van der Waals surface area contributed by atoms with Crippen LogP contribution in [0.4, 0.5) is 10.1 Å². The highest BCUT2D eigenvalue weighted by atomic mass is 19.1. The number of halogens is 1. The van der Waals surface area contributed by atoms with E-state index in [9.17, 15) is 14.0 Å². The lowest BCUT2D eigenvalue weighted by molar-refractivity contribution is -0.116. The van der Waals surface area contributed by atoms with Gasteiger partial charge in [-0.05, 0) is 61.2 Å². The first-order valence-corrected chi connectivity index (χ1v) is 10.6. The summed E-state index contributed by atoms with van der Waals surface area (Å²) in [6.45, 7) is 6.08. The number of carbonyl (C=O) groups is 2. The van der Waals surface area contributed by atoms with Crippen LogP contribution in [0, 0.1) is 18.7 Å². The van der Waals surface area contributed by atoms with Gasteiger partial charge in [0, 0.05) is 30.5 Å². The Hall–Kier alpha value is -3.35. The summed E-state index contributed by atoms with van der Waals surface area (Å²) in [7, 11) is 3.02. The number of aryl methyl sites for hydroxylation is 1. The third-order valence-electron chi connectivity index (χ3n) is 5.71. The number of fused-ring (bicyclic) bond motifs is 1. The quantitative estimate of drug-likeness (QED) is 0.491. The van der Waals surface area contributed by atoms with Crippen molar-refractivity contribution in [2.45, 2.75) is 39.5 Å². The Balaban J connectivity index is 1.74. The number of ether oxygens (including phenoxy) is 1. The van der Waals surface area contributed by atoms with Crippen molar-refractivity contribution < 1.29 is 23.1 Å². The average molecular weight is 441 g/mol. The van der Waals surface area contributed by atoms with Crippen molar-refractivity contribution in [3.63, 3.8) is 0 Å². The molecule has 7 heteroatoms. The molecule has 32 heavy (non-hydrogen) atoms. The molecule has 2 amide bonds. The normalized spacial score (nSPS) is 12.1. The van der Waals surface area contributed by atoms with Crippen molar-refractivity contribution in [3.8, 4) is 5.75 Å². The number of nitrogens with one attached hydrogen (secondary N) is 2. The van der Waals surface area contributed by atoms with E-state index in [2.05, 4.69) is 24.5 Å². The van der Waals surface area contributed by atoms with E-state index in [1.54, 1.807) is 24.3 Å². The SMILES string of the molecule is CNC(=O)c1cc(NC(=O)CC[C@H](c2oc3ccc(F)cc3c2C)C(C)C)ccc1OC. The summed E-state index contributed by atoms with van der Waals surface area (Å²) in [5.41, 5.74) is 2.42. The van der Waals surface area contributed by atoms with E-state index < -0.39 is 0 Å². The van der Waals surface area contributed by atoms with Crippen LogP contribution in [-0.2, 0) is 4.79 Å². The molecular formula is C25H29FN2O4. The van der Waals surface area contributed by atoms with Gasteiger partial charge in [-0.3, -0.25) is 9.59 Å². The number of hydrogen-bond acceptors (Lipinski definition) is 4. The summed E-state index contributed by atoms with van der Waals surface area (Å²) >= 11 is 0. The van der Waals surface area contributed by atoms with Gasteiger partial charge in [-0.1, -0.05) is 13.8 Å². The van der Waals surface area contributed by atoms with Gasteiger partial charge in [-0.25, -0.2) is 4.39 Å². The summed E-state index contributed by atoms with van der Waals surface area (Å²) in [5.74, 6) is 0.696. The lowest BCUT2D eigenvalue weighted by Crippen LogP contribution is -2.19. The van der Waals surface area contributed by atoms with Crippen molar-refractivity contribution in [3.05, 3.63) is 59.1 Å². The molecule has 0 saturated heterocycles. The van der Waals surface area contributed by atoms with Crippen LogP contribution >= 0.6 is 0 Å². The molecule has 2 N–H and O–H groups in total. The Kier molecular flexibility index (Phi) is 7.18. The lowest BCUT2D eigenvalue weighted by Gasteiger charge is -2.19. The maximum absolute atomic E-state index is 13.7. The maximum Gasteiger partial charge on any atom is 0.254 e. The Morgan fingerprint density at radius 2 is 1.91 bits per heavy atom. The number of benzene rings is 2. The van der Waals surface area contributed by atoms with Crippen LogP contribution in [0.15, 0.2) is 40.8 Å². The summed E-state index contributed by atoms with van der Waals surface area (Å²) in [4.78, 5) is 24.7. The molecule has 3 rings (SSSR count). The number of amides is 2. The molecule has 0 aliphatic carbocycles. The maximum atomic E-state index is 13.7. The largest absolute Gasteiger partial charge is 0.496 e. The van der Waals surface area contributed by atoms with E-state index in [0.717, 1.165) is 16.7 Å². The van der Waals surface area contributed by atoms with Crippen molar-refractivity contribution >= 4 is 28.5 Å². The topological polar surface area (TPSA) is 80.6 Å². The molecule has 0 bridgehead atoms. The fourth-order valence-corrected chi connectivity index (χ4v) is 3.94. The fraction of sp³-hybridized carbons (Fsp3) is 0.360. The zero-order valence-electron chi connectivity index (χ0n) is 19.0. The van der Waals surface area contributed by atoms with Crippen LogP contribution in [-0.4, -0.2) is 26.0 Å². The average Bonchev–Trinajstić information content (AvgIpc) is 3.08. The van der Waals surface area contributed by atoms with Gasteiger partial charge in [0.15, 0.2) is 0 Å². The number of hydrogen-bond donors (Lipinski definition) is 2. The van der Waals surface area contributed by atoms with Crippen LogP contribution in [0.2, 0.25) is 0 Å². The van der Waals surface area contributed by atoms with Gasteiger partial charge in [0.1, 0.15) is 22.9 Å². The molecule has 170 valence electrons. The molecule has 0 fully saturated rings. The molecule has 0 aliphatic heterocycles. The summed E-state index contributed by atoms with van der Waals surface area (Å²) in [5, 5.41) is 6.17. The highest BCUT2D eigenvalue weighted by Crippen LogP contribution is 2.37. The third-order valence-corrected chi connectivity index (χ3v) is 5.71. The predicted octanol–water partition coefficient (Wildman–Crippen LogP) is 5.41. The number of furan rings is 1. The van der Waals surface area contributed by atoms with Crippen LogP contribution in [0.5, 0.6) is 5.75 Å². The van der Waals surface area contributed by atoms with E-state index >= 15 is 0 Å². The third kappa shape index (κ3) is 4.93. The molecule has 2 aromatic carbocycles. The van der Waals surface area contributed by atoms with Crippen LogP contribution in [0.25, 0.3) is 11.0 Å². The van der Waals surface area contributed by atoms with Crippen molar-refractivity contribution in [2.24, 2.45) is 5.92 Å². The molecule has 0 spiro atoms. The summed E-state index contributed by atoms with van der Waals surface area (Å²) in [6, 6.07) is 9.44. The van der Waals surface area contributed by atoms with Gasteiger partial charge in [-0.15, -0.1) is 0 Å². The van der Waals surface area contributed by atoms with E-state index in [-0.39, 0.29) is 35.9 Å². The van der Waals surface area contributed by atoms with Gasteiger partial charge < -0.3 is 19.8 Å². The van der Waals surface area contributed by atoms with Crippen molar-refractivity contribution in [1.82, 2.24) is 5.32 Å². The monoisotopic (exact) mass is 440 g/mol. The summed E-state index contributed by atoms with van der Waals surface area (Å²) < 4.78 is 24.9. The van der Waals surface area contributed by atoms with Gasteiger partial charge in [0.2, 0.25) is 5.91 Å². The van der Waals surface area contributed by atoms with Crippen molar-refractivity contribution in [1.29, 1.82) is 0 Å². The minimum atomic E-state index is -0.302. The smallest absolute Gasteiger partial charge is 0.254 e.